The second-order valence-corrected chi connectivity index (χ2v) is 8.85. The van der Waals surface area contributed by atoms with Gasteiger partial charge in [0.25, 0.3) is 11.8 Å². The molecule has 1 aliphatic heterocycles. The van der Waals surface area contributed by atoms with E-state index in [1.54, 1.807) is 18.2 Å². The molecule has 7 nitrogen and oxygen atoms in total. The third-order valence-corrected chi connectivity index (χ3v) is 7.07. The highest BCUT2D eigenvalue weighted by Crippen LogP contribution is 2.59. The summed E-state index contributed by atoms with van der Waals surface area (Å²) in [4.78, 5) is 39.1. The second-order valence-electron chi connectivity index (χ2n) is 8.85. The number of nitrogens with one attached hydrogen (secondary N) is 1. The Kier molecular flexibility index (Phi) is 4.79. The zero-order valence-corrected chi connectivity index (χ0v) is 17.8. The molecule has 172 valence electrons. The third kappa shape index (κ3) is 3.13. The number of amides is 2. The van der Waals surface area contributed by atoms with Gasteiger partial charge in [-0.25, -0.2) is 4.79 Å². The number of alkyl halides is 2. The van der Waals surface area contributed by atoms with E-state index in [-0.39, 0.29) is 41.4 Å². The van der Waals surface area contributed by atoms with Gasteiger partial charge in [0.15, 0.2) is 0 Å². The van der Waals surface area contributed by atoms with Crippen LogP contribution in [0.15, 0.2) is 42.5 Å². The fourth-order valence-corrected chi connectivity index (χ4v) is 5.22. The van der Waals surface area contributed by atoms with Crippen LogP contribution in [0.4, 0.5) is 8.78 Å². The Bertz CT molecular complexity index is 1180. The van der Waals surface area contributed by atoms with E-state index in [9.17, 15) is 28.3 Å². The Balaban J connectivity index is 1.32. The lowest BCUT2D eigenvalue weighted by atomic mass is 10.0. The Morgan fingerprint density at radius 3 is 2.58 bits per heavy atom. The highest BCUT2D eigenvalue weighted by molar-refractivity contribution is 5.99. The lowest BCUT2D eigenvalue weighted by Gasteiger charge is -2.25. The Morgan fingerprint density at radius 1 is 1.12 bits per heavy atom. The molecule has 0 aromatic heterocycles. The summed E-state index contributed by atoms with van der Waals surface area (Å²) in [5.74, 6) is -4.75. The number of nitrogens with zero attached hydrogens (tertiary/aromatic N) is 1. The van der Waals surface area contributed by atoms with Crippen molar-refractivity contribution in [3.05, 3.63) is 59.2 Å². The van der Waals surface area contributed by atoms with E-state index in [4.69, 9.17) is 4.74 Å². The zero-order chi connectivity index (χ0) is 23.5. The predicted molar refractivity (Wildman–Crippen MR) is 112 cm³/mol. The number of esters is 1. The fraction of sp³-hybridized carbons (Fsp3) is 0.375. The first-order valence-electron chi connectivity index (χ1n) is 10.6. The topological polar surface area (TPSA) is 95.9 Å². The molecular weight excluding hydrogens is 434 g/mol. The van der Waals surface area contributed by atoms with Crippen LogP contribution in [-0.4, -0.2) is 60.1 Å². The second kappa shape index (κ2) is 7.34. The number of ether oxygens (including phenoxy) is 1. The normalized spacial score (nSPS) is 25.6. The minimum absolute atomic E-state index is 0.104. The van der Waals surface area contributed by atoms with Crippen LogP contribution >= 0.6 is 0 Å². The van der Waals surface area contributed by atoms with Gasteiger partial charge < -0.3 is 20.1 Å². The maximum Gasteiger partial charge on any atom is 0.328 e. The minimum atomic E-state index is -3.14. The molecule has 5 rings (SSSR count). The number of methoxy groups -OCH3 is 1. The molecule has 3 aliphatic rings. The van der Waals surface area contributed by atoms with Crippen LogP contribution in [0.25, 0.3) is 11.1 Å². The fourth-order valence-electron chi connectivity index (χ4n) is 5.22. The van der Waals surface area contributed by atoms with Crippen molar-refractivity contribution in [3.63, 3.8) is 0 Å². The summed E-state index contributed by atoms with van der Waals surface area (Å²) < 4.78 is 34.2. The van der Waals surface area contributed by atoms with E-state index >= 15 is 0 Å². The number of rotatable bonds is 5. The summed E-state index contributed by atoms with van der Waals surface area (Å²) in [7, 11) is 1.23. The van der Waals surface area contributed by atoms with Gasteiger partial charge in [0, 0.05) is 28.1 Å². The predicted octanol–water partition coefficient (Wildman–Crippen LogP) is 2.06. The number of piperidine rings is 1. The third-order valence-electron chi connectivity index (χ3n) is 7.07. The molecule has 1 heterocycles. The maximum atomic E-state index is 14.7. The molecule has 2 aliphatic carbocycles. The van der Waals surface area contributed by atoms with E-state index in [1.165, 1.54) is 36.3 Å². The smallest absolute Gasteiger partial charge is 0.328 e. The van der Waals surface area contributed by atoms with Gasteiger partial charge in [0.1, 0.15) is 6.04 Å². The van der Waals surface area contributed by atoms with Crippen molar-refractivity contribution in [1.29, 1.82) is 0 Å². The molecule has 33 heavy (non-hydrogen) atoms. The number of hydrogen-bond acceptors (Lipinski definition) is 5. The number of likely N-dealkylation sites (tertiary alicyclic amines) is 1. The van der Waals surface area contributed by atoms with Crippen molar-refractivity contribution in [2.24, 2.45) is 5.41 Å². The highest BCUT2D eigenvalue weighted by atomic mass is 19.3. The summed E-state index contributed by atoms with van der Waals surface area (Å²) in [6, 6.07) is 9.04. The number of aliphatic hydroxyl groups excluding tert-OH is 1. The number of halogens is 2. The number of aliphatic hydroxyl groups is 1. The van der Waals surface area contributed by atoms with Gasteiger partial charge >= 0.3 is 5.97 Å². The molecule has 2 aromatic rings. The zero-order valence-electron chi connectivity index (χ0n) is 17.8. The van der Waals surface area contributed by atoms with Gasteiger partial charge in [-0.1, -0.05) is 30.3 Å². The average Bonchev–Trinajstić information content (AvgIpc) is 3.37. The number of carbonyl (C=O) groups excluding carboxylic acids is 3. The first kappa shape index (κ1) is 21.5. The van der Waals surface area contributed by atoms with Gasteiger partial charge in [0.2, 0.25) is 5.91 Å². The van der Waals surface area contributed by atoms with Crippen LogP contribution in [0.3, 0.4) is 0 Å². The molecule has 0 bridgehead atoms. The largest absolute Gasteiger partial charge is 0.467 e. The van der Waals surface area contributed by atoms with Crippen LogP contribution in [0.2, 0.25) is 0 Å². The molecule has 2 amide bonds. The van der Waals surface area contributed by atoms with Crippen LogP contribution in [0, 0.1) is 5.41 Å². The standard InChI is InChI=1S/C24H22F2N2O5/c1-33-22(32)18-9-23(12-29)10-19(23)28(18)20(30)11-27-21(31)13-6-7-17-15(8-13)14-4-2-3-5-16(14)24(17,25)26/h2-8,18-19,29H,9-12H2,1H3,(H,27,31)/t18-,19-,23+/m0/s1. The van der Waals surface area contributed by atoms with E-state index < -0.39 is 35.2 Å². The van der Waals surface area contributed by atoms with Crippen molar-refractivity contribution in [3.8, 4) is 11.1 Å². The quantitative estimate of drug-likeness (QED) is 0.672. The van der Waals surface area contributed by atoms with Crippen LogP contribution in [0.5, 0.6) is 0 Å². The van der Waals surface area contributed by atoms with Crippen molar-refractivity contribution in [2.45, 2.75) is 30.8 Å². The first-order valence-corrected chi connectivity index (χ1v) is 10.6. The van der Waals surface area contributed by atoms with E-state index in [1.807, 2.05) is 0 Å². The Hall–Kier alpha value is -3.33. The van der Waals surface area contributed by atoms with Crippen LogP contribution in [0.1, 0.15) is 34.3 Å². The molecule has 2 aromatic carbocycles. The lowest BCUT2D eigenvalue weighted by Crippen LogP contribution is -2.47. The lowest BCUT2D eigenvalue weighted by molar-refractivity contribution is -0.151. The molecule has 2 fully saturated rings. The number of carbonyl (C=O) groups is 3. The van der Waals surface area contributed by atoms with Gasteiger partial charge in [0.05, 0.1) is 20.3 Å². The minimum Gasteiger partial charge on any atom is -0.467 e. The molecular formula is C24H22F2N2O5. The summed E-state index contributed by atoms with van der Waals surface area (Å²) >= 11 is 0. The number of hydrogen-bond donors (Lipinski definition) is 2. The van der Waals surface area contributed by atoms with Gasteiger partial charge in [-0.05, 0) is 36.1 Å². The molecule has 3 atom stereocenters. The summed E-state index contributed by atoms with van der Waals surface area (Å²) in [6.07, 6.45) is 0.911. The summed E-state index contributed by atoms with van der Waals surface area (Å²) in [5.41, 5.74) is 0.0460. The van der Waals surface area contributed by atoms with Gasteiger partial charge in [-0.3, -0.25) is 9.59 Å². The van der Waals surface area contributed by atoms with E-state index in [2.05, 4.69) is 5.32 Å². The first-order chi connectivity index (χ1) is 15.7. The van der Waals surface area contributed by atoms with Crippen molar-refractivity contribution >= 4 is 17.8 Å². The SMILES string of the molecule is COC(=O)[C@@H]1C[C@]2(CO)C[C@@H]2N1C(=O)CNC(=O)c1ccc2c(c1)-c1ccccc1C2(F)F. The van der Waals surface area contributed by atoms with Crippen LogP contribution in [-0.2, 0) is 20.2 Å². The van der Waals surface area contributed by atoms with E-state index in [0.29, 0.717) is 18.4 Å². The monoisotopic (exact) mass is 456 g/mol. The van der Waals surface area contributed by atoms with E-state index in [0.717, 1.165) is 0 Å². The van der Waals surface area contributed by atoms with Crippen LogP contribution < -0.4 is 5.32 Å². The van der Waals surface area contributed by atoms with Gasteiger partial charge in [-0.15, -0.1) is 0 Å². The maximum absolute atomic E-state index is 14.7. The van der Waals surface area contributed by atoms with Gasteiger partial charge in [-0.2, -0.15) is 8.78 Å². The Morgan fingerprint density at radius 2 is 1.85 bits per heavy atom. The summed E-state index contributed by atoms with van der Waals surface area (Å²) in [5, 5.41) is 12.2. The number of benzene rings is 2. The molecule has 0 radical (unpaired) electrons. The molecule has 0 spiro atoms. The van der Waals surface area contributed by atoms with Crippen molar-refractivity contribution < 1.29 is 33.0 Å². The van der Waals surface area contributed by atoms with Crippen molar-refractivity contribution in [2.75, 3.05) is 20.3 Å². The molecule has 0 unspecified atom stereocenters. The molecule has 1 saturated carbocycles. The average molecular weight is 456 g/mol. The molecule has 1 saturated heterocycles. The summed E-state index contributed by atoms with van der Waals surface area (Å²) in [6.45, 7) is -0.503. The number of fused-ring (bicyclic) bond motifs is 4. The highest BCUT2D eigenvalue weighted by Gasteiger charge is 2.67. The molecule has 9 heteroatoms. The molecule has 2 N–H and O–H groups in total. The van der Waals surface area contributed by atoms with Crippen molar-refractivity contribution in [1.82, 2.24) is 10.2 Å². The Labute approximate surface area is 188 Å².